The Labute approximate surface area is 283 Å². The van der Waals surface area contributed by atoms with E-state index in [1.54, 1.807) is 0 Å². The zero-order valence-corrected chi connectivity index (χ0v) is 30.5. The highest BCUT2D eigenvalue weighted by Crippen LogP contribution is 2.33. The fourth-order valence-corrected chi connectivity index (χ4v) is 7.26. The number of nitrogens with zero attached hydrogens (tertiary/aromatic N) is 1. The molecule has 0 aromatic carbocycles. The average molecular weight is 652 g/mol. The van der Waals surface area contributed by atoms with Crippen LogP contribution < -0.4 is 5.11 Å². The maximum absolute atomic E-state index is 12.6. The maximum atomic E-state index is 12.6. The van der Waals surface area contributed by atoms with Crippen molar-refractivity contribution < 1.29 is 34.2 Å². The summed E-state index contributed by atoms with van der Waals surface area (Å²) in [5, 5.41) is 33.0. The van der Waals surface area contributed by atoms with Crippen molar-refractivity contribution in [3.8, 4) is 0 Å². The average Bonchev–Trinajstić information content (AvgIpc) is 3.02. The van der Waals surface area contributed by atoms with Gasteiger partial charge in [-0.05, 0) is 31.8 Å². The molecule has 0 rings (SSSR count). The summed E-state index contributed by atoms with van der Waals surface area (Å²) in [4.78, 5) is 37.6. The van der Waals surface area contributed by atoms with Crippen molar-refractivity contribution in [3.05, 3.63) is 12.2 Å². The molecule has 0 radical (unpaired) electrons. The standard InChI is InChI=1S/C39H73NO6/c1-5-9-10-11-12-13-14-15-16-17-18-19-20-21-22-23-24-25-26-27-28-29-33-40(34(30-6-2)37(41)42,35(31-7-3)38(43)44)36(32-8-4)39(45)46/h28-29,34-36H,5-27,30-33H2,1-4H3,(H2-,41,42,43,44,45,46)/b29-28+. The van der Waals surface area contributed by atoms with Gasteiger partial charge < -0.3 is 20.1 Å². The molecule has 0 fully saturated rings. The van der Waals surface area contributed by atoms with Gasteiger partial charge in [-0.2, -0.15) is 0 Å². The second-order valence-corrected chi connectivity index (χ2v) is 13.7. The summed E-state index contributed by atoms with van der Waals surface area (Å²) in [6, 6.07) is -3.47. The minimum Gasteiger partial charge on any atom is -0.544 e. The van der Waals surface area contributed by atoms with Gasteiger partial charge in [0, 0.05) is 19.3 Å². The molecule has 0 aliphatic carbocycles. The minimum atomic E-state index is -1.36. The van der Waals surface area contributed by atoms with Crippen LogP contribution in [-0.2, 0) is 14.4 Å². The first kappa shape index (κ1) is 44.1. The summed E-state index contributed by atoms with van der Waals surface area (Å²) in [7, 11) is 0. The zero-order valence-electron chi connectivity index (χ0n) is 30.5. The number of rotatable bonds is 34. The molecule has 0 bridgehead atoms. The summed E-state index contributed by atoms with van der Waals surface area (Å²) in [5.41, 5.74) is 0. The Morgan fingerprint density at radius 2 is 0.826 bits per heavy atom. The van der Waals surface area contributed by atoms with Crippen LogP contribution in [0.1, 0.15) is 195 Å². The second-order valence-electron chi connectivity index (χ2n) is 13.7. The molecule has 0 aliphatic heterocycles. The summed E-state index contributed by atoms with van der Waals surface area (Å²) in [6.45, 7) is 7.87. The highest BCUT2D eigenvalue weighted by atomic mass is 16.4. The van der Waals surface area contributed by atoms with E-state index >= 15 is 0 Å². The minimum absolute atomic E-state index is 0.0612. The fraction of sp³-hybridized carbons (Fsp3) is 0.872. The van der Waals surface area contributed by atoms with Gasteiger partial charge in [-0.15, -0.1) is 0 Å². The van der Waals surface area contributed by atoms with Crippen LogP contribution in [0.15, 0.2) is 12.2 Å². The van der Waals surface area contributed by atoms with Crippen LogP contribution >= 0.6 is 0 Å². The number of carboxylic acids is 3. The van der Waals surface area contributed by atoms with E-state index in [0.717, 1.165) is 19.3 Å². The first-order chi connectivity index (χ1) is 22.2. The second kappa shape index (κ2) is 29.3. The smallest absolute Gasteiger partial charge is 0.362 e. The predicted octanol–water partition coefficient (Wildman–Crippen LogP) is 9.61. The Bertz CT molecular complexity index is 738. The van der Waals surface area contributed by atoms with E-state index in [2.05, 4.69) is 6.92 Å². The van der Waals surface area contributed by atoms with Gasteiger partial charge in [0.2, 0.25) is 0 Å². The third-order valence-corrected chi connectivity index (χ3v) is 9.83. The third kappa shape index (κ3) is 18.4. The van der Waals surface area contributed by atoms with Gasteiger partial charge in [-0.25, -0.2) is 9.59 Å². The number of hydrogen-bond donors (Lipinski definition) is 2. The molecule has 7 heteroatoms. The lowest BCUT2D eigenvalue weighted by Gasteiger charge is -2.51. The van der Waals surface area contributed by atoms with E-state index in [0.29, 0.717) is 19.3 Å². The first-order valence-corrected chi connectivity index (χ1v) is 19.4. The molecule has 46 heavy (non-hydrogen) atoms. The van der Waals surface area contributed by atoms with Crippen molar-refractivity contribution in [1.29, 1.82) is 0 Å². The van der Waals surface area contributed by atoms with E-state index in [9.17, 15) is 29.7 Å². The summed E-state index contributed by atoms with van der Waals surface area (Å²) in [6.07, 6.45) is 32.1. The number of quaternary nitrogens is 1. The van der Waals surface area contributed by atoms with Gasteiger partial charge in [0.05, 0.1) is 12.5 Å². The molecule has 0 aromatic rings. The Hall–Kier alpha value is -1.89. The van der Waals surface area contributed by atoms with E-state index in [4.69, 9.17) is 0 Å². The van der Waals surface area contributed by atoms with Crippen LogP contribution in [0, 0.1) is 0 Å². The number of hydrogen-bond acceptors (Lipinski definition) is 4. The molecule has 0 heterocycles. The normalized spacial score (nSPS) is 15.0. The van der Waals surface area contributed by atoms with Crippen molar-refractivity contribution in [2.24, 2.45) is 0 Å². The maximum Gasteiger partial charge on any atom is 0.362 e. The summed E-state index contributed by atoms with van der Waals surface area (Å²) < 4.78 is -0.516. The highest BCUT2D eigenvalue weighted by molar-refractivity contribution is 5.77. The van der Waals surface area contributed by atoms with Gasteiger partial charge in [0.1, 0.15) is 6.04 Å². The highest BCUT2D eigenvalue weighted by Gasteiger charge is 2.54. The molecule has 0 aromatic heterocycles. The summed E-state index contributed by atoms with van der Waals surface area (Å²) in [5.74, 6) is -3.64. The quantitative estimate of drug-likeness (QED) is 0.0407. The van der Waals surface area contributed by atoms with Crippen molar-refractivity contribution >= 4 is 17.9 Å². The number of carbonyl (C=O) groups is 3. The van der Waals surface area contributed by atoms with Crippen molar-refractivity contribution in [3.63, 3.8) is 0 Å². The topological polar surface area (TPSA) is 115 Å². The molecule has 0 saturated heterocycles. The largest absolute Gasteiger partial charge is 0.544 e. The molecule has 7 nitrogen and oxygen atoms in total. The number of carboxylic acid groups (broad SMARTS) is 3. The third-order valence-electron chi connectivity index (χ3n) is 9.83. The zero-order chi connectivity index (χ0) is 34.5. The van der Waals surface area contributed by atoms with Crippen LogP contribution in [0.4, 0.5) is 0 Å². The van der Waals surface area contributed by atoms with E-state index in [1.165, 1.54) is 109 Å². The van der Waals surface area contributed by atoms with Gasteiger partial charge >= 0.3 is 11.9 Å². The van der Waals surface area contributed by atoms with Crippen LogP contribution in [0.25, 0.3) is 0 Å². The Kier molecular flexibility index (Phi) is 28.1. The SMILES string of the molecule is CCCCCCCCCCCCCCCCCCCCC/C=C/C[N+](C(CCC)C(=O)[O-])(C(CCC)C(=O)O)C(CCC)C(=O)O. The van der Waals surface area contributed by atoms with Crippen molar-refractivity contribution in [2.45, 2.75) is 213 Å². The molecule has 0 amide bonds. The molecule has 3 unspecified atom stereocenters. The van der Waals surface area contributed by atoms with Crippen LogP contribution in [0.3, 0.4) is 0 Å². The van der Waals surface area contributed by atoms with Gasteiger partial charge in [-0.3, -0.25) is 4.48 Å². The van der Waals surface area contributed by atoms with Gasteiger partial charge in [0.25, 0.3) is 0 Å². The molecule has 3 atom stereocenters. The Morgan fingerprint density at radius 3 is 1.13 bits per heavy atom. The molecular formula is C39H73NO6. The predicted molar refractivity (Wildman–Crippen MR) is 189 cm³/mol. The number of allylic oxidation sites excluding steroid dienone is 1. The monoisotopic (exact) mass is 652 g/mol. The van der Waals surface area contributed by atoms with Crippen LogP contribution in [0.5, 0.6) is 0 Å². The van der Waals surface area contributed by atoms with Crippen molar-refractivity contribution in [1.82, 2.24) is 0 Å². The van der Waals surface area contributed by atoms with Gasteiger partial charge in [-0.1, -0.05) is 156 Å². The number of aliphatic carboxylic acids is 3. The van der Waals surface area contributed by atoms with Crippen LogP contribution in [-0.4, -0.2) is 57.3 Å². The van der Waals surface area contributed by atoms with Gasteiger partial charge in [0.15, 0.2) is 12.1 Å². The van der Waals surface area contributed by atoms with E-state index in [1.807, 2.05) is 32.9 Å². The molecule has 0 aliphatic rings. The lowest BCUT2D eigenvalue weighted by molar-refractivity contribution is -0.970. The lowest BCUT2D eigenvalue weighted by Crippen LogP contribution is -2.73. The van der Waals surface area contributed by atoms with Crippen molar-refractivity contribution in [2.75, 3.05) is 6.54 Å². The first-order valence-electron chi connectivity index (χ1n) is 19.4. The molecule has 2 N–H and O–H groups in total. The number of carbonyl (C=O) groups excluding carboxylic acids is 1. The van der Waals surface area contributed by atoms with E-state index in [-0.39, 0.29) is 25.8 Å². The van der Waals surface area contributed by atoms with Crippen LogP contribution in [0.2, 0.25) is 0 Å². The Balaban J connectivity index is 4.65. The molecule has 0 saturated carbocycles. The molecule has 0 spiro atoms. The summed E-state index contributed by atoms with van der Waals surface area (Å²) >= 11 is 0. The lowest BCUT2D eigenvalue weighted by atomic mass is 9.92. The fourth-order valence-electron chi connectivity index (χ4n) is 7.26. The number of unbranched alkanes of at least 4 members (excludes halogenated alkanes) is 19. The Morgan fingerprint density at radius 1 is 0.500 bits per heavy atom. The molecular weight excluding hydrogens is 578 g/mol. The molecule has 270 valence electrons. The van der Waals surface area contributed by atoms with E-state index < -0.39 is 40.5 Å².